The van der Waals surface area contributed by atoms with Gasteiger partial charge in [-0.2, -0.15) is 0 Å². The van der Waals surface area contributed by atoms with Gasteiger partial charge < -0.3 is 22.4 Å². The fraction of sp³-hybridized carbons (Fsp3) is 0.619. The van der Waals surface area contributed by atoms with Crippen LogP contribution >= 0.6 is 0 Å². The molecule has 140 valence electrons. The summed E-state index contributed by atoms with van der Waals surface area (Å²) in [5, 5.41) is 13.8. The third-order valence-electron chi connectivity index (χ3n) is 7.11. The molecule has 2 fully saturated rings. The van der Waals surface area contributed by atoms with E-state index in [9.17, 15) is 5.21 Å². The normalized spacial score (nSPS) is 33.6. The summed E-state index contributed by atoms with van der Waals surface area (Å²) in [7, 11) is 1.73. The van der Waals surface area contributed by atoms with E-state index in [-0.39, 0.29) is 17.8 Å². The molecule has 1 N–H and O–H groups in total. The molecule has 1 heterocycles. The van der Waals surface area contributed by atoms with Crippen LogP contribution in [-0.2, 0) is 11.8 Å². The molecule has 5 rings (SSSR count). The fourth-order valence-electron chi connectivity index (χ4n) is 5.77. The van der Waals surface area contributed by atoms with Crippen molar-refractivity contribution in [1.29, 1.82) is 0 Å². The number of ether oxygens (including phenoxy) is 1. The molecule has 4 nitrogen and oxygen atoms in total. The van der Waals surface area contributed by atoms with E-state index in [1.54, 1.807) is 7.11 Å². The molecular weight excluding hydrogens is 348 g/mol. The van der Waals surface area contributed by atoms with Crippen molar-refractivity contribution in [3.8, 4) is 5.75 Å². The van der Waals surface area contributed by atoms with Crippen molar-refractivity contribution in [3.63, 3.8) is 0 Å². The summed E-state index contributed by atoms with van der Waals surface area (Å²) in [5.41, 5.74) is 3.52. The molecule has 3 atom stereocenters. The summed E-state index contributed by atoms with van der Waals surface area (Å²) in [6.45, 7) is 1.13. The molecule has 0 saturated heterocycles. The SMILES string of the molecule is COc1ccc2c(c1)[C@]13CCCC[C@H]1[C@H](C2)[N+](CC1CC1)=C/C3=N/O.[Cl-]. The molecule has 0 radical (unpaired) electrons. The summed E-state index contributed by atoms with van der Waals surface area (Å²) in [5.74, 6) is 2.30. The molecular formula is C21H27ClN2O2. The van der Waals surface area contributed by atoms with Crippen LogP contribution in [0.3, 0.4) is 0 Å². The quantitative estimate of drug-likeness (QED) is 0.472. The monoisotopic (exact) mass is 374 g/mol. The minimum Gasteiger partial charge on any atom is -1.00 e. The van der Waals surface area contributed by atoms with Gasteiger partial charge in [0.1, 0.15) is 12.3 Å². The number of hydrogen-bond donors (Lipinski definition) is 1. The second kappa shape index (κ2) is 6.56. The van der Waals surface area contributed by atoms with E-state index >= 15 is 0 Å². The minimum atomic E-state index is -0.125. The van der Waals surface area contributed by atoms with Gasteiger partial charge in [0.15, 0.2) is 18.0 Å². The van der Waals surface area contributed by atoms with Gasteiger partial charge in [-0.25, -0.2) is 4.58 Å². The Morgan fingerprint density at radius 1 is 1.27 bits per heavy atom. The zero-order chi connectivity index (χ0) is 17.0. The van der Waals surface area contributed by atoms with Crippen molar-refractivity contribution in [1.82, 2.24) is 0 Å². The van der Waals surface area contributed by atoms with E-state index in [0.29, 0.717) is 12.0 Å². The van der Waals surface area contributed by atoms with Gasteiger partial charge in [-0.05, 0) is 48.9 Å². The third-order valence-corrected chi connectivity index (χ3v) is 7.11. The van der Waals surface area contributed by atoms with E-state index < -0.39 is 0 Å². The molecule has 5 heteroatoms. The molecule has 1 aliphatic heterocycles. The van der Waals surface area contributed by atoms with Crippen LogP contribution in [0.2, 0.25) is 0 Å². The number of rotatable bonds is 3. The van der Waals surface area contributed by atoms with Crippen molar-refractivity contribution in [3.05, 3.63) is 29.3 Å². The first kappa shape index (κ1) is 17.8. The summed E-state index contributed by atoms with van der Waals surface area (Å²) >= 11 is 0. The van der Waals surface area contributed by atoms with Gasteiger partial charge in [0.25, 0.3) is 0 Å². The molecule has 0 spiro atoms. The van der Waals surface area contributed by atoms with Crippen LogP contribution in [0.4, 0.5) is 0 Å². The maximum Gasteiger partial charge on any atom is 0.189 e. The number of hydrogen-bond acceptors (Lipinski definition) is 3. The number of halogens is 1. The molecule has 3 aliphatic carbocycles. The van der Waals surface area contributed by atoms with Gasteiger partial charge in [-0.15, -0.1) is 0 Å². The van der Waals surface area contributed by atoms with Crippen LogP contribution in [0.1, 0.15) is 49.7 Å². The predicted molar refractivity (Wildman–Crippen MR) is 97.3 cm³/mol. The van der Waals surface area contributed by atoms with Crippen LogP contribution in [0.5, 0.6) is 5.75 Å². The number of oxime groups is 1. The zero-order valence-corrected chi connectivity index (χ0v) is 16.1. The van der Waals surface area contributed by atoms with Gasteiger partial charge in [-0.3, -0.25) is 0 Å². The summed E-state index contributed by atoms with van der Waals surface area (Å²) in [6.07, 6.45) is 10.8. The zero-order valence-electron chi connectivity index (χ0n) is 15.3. The number of fused-ring (bicyclic) bond motifs is 1. The van der Waals surface area contributed by atoms with Crippen LogP contribution < -0.4 is 17.1 Å². The highest BCUT2D eigenvalue weighted by molar-refractivity contribution is 6.33. The molecule has 2 bridgehead atoms. The summed E-state index contributed by atoms with van der Waals surface area (Å²) < 4.78 is 8.04. The van der Waals surface area contributed by atoms with Crippen LogP contribution in [-0.4, -0.2) is 41.4 Å². The maximum absolute atomic E-state index is 9.96. The smallest absolute Gasteiger partial charge is 0.189 e. The lowest BCUT2D eigenvalue weighted by atomic mass is 9.52. The Morgan fingerprint density at radius 2 is 2.12 bits per heavy atom. The Labute approximate surface area is 161 Å². The Kier molecular flexibility index (Phi) is 4.50. The maximum atomic E-state index is 9.96. The topological polar surface area (TPSA) is 44.8 Å². The first-order chi connectivity index (χ1) is 12.3. The minimum absolute atomic E-state index is 0. The largest absolute Gasteiger partial charge is 1.00 e. The highest BCUT2D eigenvalue weighted by Crippen LogP contribution is 2.54. The average Bonchev–Trinajstić information content (AvgIpc) is 3.47. The van der Waals surface area contributed by atoms with Gasteiger partial charge in [0.2, 0.25) is 0 Å². The Balaban J connectivity index is 0.00000168. The predicted octanol–water partition coefficient (Wildman–Crippen LogP) is 0.389. The molecule has 0 unspecified atom stereocenters. The van der Waals surface area contributed by atoms with Gasteiger partial charge in [0, 0.05) is 18.3 Å². The summed E-state index contributed by atoms with van der Waals surface area (Å²) in [6, 6.07) is 7.08. The van der Waals surface area contributed by atoms with Crippen LogP contribution in [0.25, 0.3) is 0 Å². The third kappa shape index (κ3) is 2.49. The van der Waals surface area contributed by atoms with E-state index in [4.69, 9.17) is 4.74 Å². The molecule has 1 aromatic rings. The first-order valence-electron chi connectivity index (χ1n) is 9.77. The summed E-state index contributed by atoms with van der Waals surface area (Å²) in [4.78, 5) is 0. The second-order valence-electron chi connectivity index (χ2n) is 8.37. The average molecular weight is 375 g/mol. The van der Waals surface area contributed by atoms with E-state index in [1.165, 1.54) is 43.2 Å². The fourth-order valence-corrected chi connectivity index (χ4v) is 5.77. The van der Waals surface area contributed by atoms with Crippen molar-refractivity contribution < 1.29 is 26.9 Å². The molecule has 0 amide bonds. The first-order valence-corrected chi connectivity index (χ1v) is 9.77. The van der Waals surface area contributed by atoms with Crippen LogP contribution in [0, 0.1) is 11.8 Å². The lowest BCUT2D eigenvalue weighted by Crippen LogP contribution is -3.00. The van der Waals surface area contributed by atoms with Crippen LogP contribution in [0.15, 0.2) is 23.4 Å². The van der Waals surface area contributed by atoms with E-state index in [2.05, 4.69) is 34.1 Å². The van der Waals surface area contributed by atoms with Crippen molar-refractivity contribution >= 4 is 11.9 Å². The van der Waals surface area contributed by atoms with E-state index in [0.717, 1.165) is 36.8 Å². The lowest BCUT2D eigenvalue weighted by Gasteiger charge is -2.51. The van der Waals surface area contributed by atoms with Crippen molar-refractivity contribution in [2.75, 3.05) is 13.7 Å². The molecule has 4 aliphatic rings. The molecule has 1 aromatic carbocycles. The van der Waals surface area contributed by atoms with Gasteiger partial charge >= 0.3 is 0 Å². The molecule has 2 saturated carbocycles. The Morgan fingerprint density at radius 3 is 2.85 bits per heavy atom. The number of nitrogens with zero attached hydrogens (tertiary/aromatic N) is 2. The van der Waals surface area contributed by atoms with E-state index in [1.807, 2.05) is 0 Å². The Hall–Kier alpha value is -1.55. The van der Waals surface area contributed by atoms with Crippen molar-refractivity contribution in [2.24, 2.45) is 17.0 Å². The van der Waals surface area contributed by atoms with Crippen molar-refractivity contribution in [2.45, 2.75) is 56.4 Å². The Bertz CT molecular complexity index is 771. The highest BCUT2D eigenvalue weighted by Gasteiger charge is 2.60. The number of benzene rings is 1. The lowest BCUT2D eigenvalue weighted by molar-refractivity contribution is -0.578. The van der Waals surface area contributed by atoms with Gasteiger partial charge in [-0.1, -0.05) is 24.1 Å². The molecule has 26 heavy (non-hydrogen) atoms. The standard InChI is InChI=1S/C21H26N2O2.ClH/c1-25-16-8-7-15-10-19-17-4-2-3-9-21(17,18(15)11-16)20(22-24)13-23(19)12-14-5-6-14;/h7-8,11,13-14,17,19H,2-6,9-10,12H2,1H3;1H/t17-,19-,21-;/m0./s1. The van der Waals surface area contributed by atoms with Gasteiger partial charge in [0.05, 0.1) is 12.5 Å². The molecule has 0 aromatic heterocycles. The number of methoxy groups -OCH3 is 1. The second-order valence-corrected chi connectivity index (χ2v) is 8.37. The highest BCUT2D eigenvalue weighted by atomic mass is 35.5.